The zero-order valence-electron chi connectivity index (χ0n) is 18.9. The number of ether oxygens (including phenoxy) is 1. The number of aromatic nitrogens is 3. The highest BCUT2D eigenvalue weighted by atomic mass is 35.5. The van der Waals surface area contributed by atoms with Crippen LogP contribution < -0.4 is 0 Å². The minimum atomic E-state index is 0.341. The largest absolute Gasteiger partial charge is 0.377 e. The predicted molar refractivity (Wildman–Crippen MR) is 134 cm³/mol. The van der Waals surface area contributed by atoms with Crippen LogP contribution in [0.5, 0.6) is 0 Å². The van der Waals surface area contributed by atoms with Crippen molar-refractivity contribution in [2.75, 3.05) is 25.4 Å². The second-order valence-corrected chi connectivity index (χ2v) is 10.4. The first-order valence-electron chi connectivity index (χ1n) is 11.9. The molecular formula is C26H31ClN4OS. The lowest BCUT2D eigenvalue weighted by Gasteiger charge is -2.32. The summed E-state index contributed by atoms with van der Waals surface area (Å²) in [5.74, 6) is 2.51. The van der Waals surface area contributed by atoms with Crippen molar-refractivity contribution in [3.8, 4) is 0 Å². The van der Waals surface area contributed by atoms with Gasteiger partial charge < -0.3 is 9.30 Å². The van der Waals surface area contributed by atoms with Crippen molar-refractivity contribution in [2.24, 2.45) is 0 Å². The highest BCUT2D eigenvalue weighted by Crippen LogP contribution is 2.32. The lowest BCUT2D eigenvalue weighted by Crippen LogP contribution is -2.33. The minimum Gasteiger partial charge on any atom is -0.377 e. The monoisotopic (exact) mass is 482 g/mol. The highest BCUT2D eigenvalue weighted by molar-refractivity contribution is 7.99. The van der Waals surface area contributed by atoms with Gasteiger partial charge in [-0.1, -0.05) is 71.9 Å². The molecule has 2 saturated heterocycles. The standard InChI is InChI=1S/C26H31ClN4OS/c27-24-11-5-4-9-22(24)18-30-14-12-21(13-15-30)25-28-29-26(33-19-23-10-6-16-32-23)31(25)17-20-7-2-1-3-8-20/h1-5,7-9,11,21,23H,6,10,12-19H2/t23-/m1/s1. The lowest BCUT2D eigenvalue weighted by molar-refractivity contribution is 0.129. The Hall–Kier alpha value is -1.86. The zero-order valence-corrected chi connectivity index (χ0v) is 20.5. The number of piperidine rings is 1. The molecule has 3 aromatic rings. The maximum Gasteiger partial charge on any atom is 0.191 e. The Balaban J connectivity index is 1.28. The Morgan fingerprint density at radius 3 is 2.48 bits per heavy atom. The van der Waals surface area contributed by atoms with E-state index in [0.717, 1.165) is 73.8 Å². The molecule has 2 aliphatic rings. The van der Waals surface area contributed by atoms with E-state index in [4.69, 9.17) is 21.4 Å². The fraction of sp³-hybridized carbons (Fsp3) is 0.462. The summed E-state index contributed by atoms with van der Waals surface area (Å²) in [6.45, 7) is 4.71. The van der Waals surface area contributed by atoms with Gasteiger partial charge in [0, 0.05) is 29.8 Å². The second-order valence-electron chi connectivity index (χ2n) is 9.00. The summed E-state index contributed by atoms with van der Waals surface area (Å²) in [5.41, 5.74) is 2.49. The zero-order chi connectivity index (χ0) is 22.5. The van der Waals surface area contributed by atoms with Gasteiger partial charge in [0.25, 0.3) is 0 Å². The maximum absolute atomic E-state index is 6.39. The van der Waals surface area contributed by atoms with Gasteiger partial charge >= 0.3 is 0 Å². The normalized spacial score (nSPS) is 19.8. The molecule has 0 radical (unpaired) electrons. The third kappa shape index (κ3) is 5.80. The Bertz CT molecular complexity index is 1030. The van der Waals surface area contributed by atoms with Crippen molar-refractivity contribution < 1.29 is 4.74 Å². The fourth-order valence-corrected chi connectivity index (χ4v) is 5.99. The molecule has 2 aromatic carbocycles. The average molecular weight is 483 g/mol. The number of hydrogen-bond donors (Lipinski definition) is 0. The van der Waals surface area contributed by atoms with E-state index >= 15 is 0 Å². The van der Waals surface area contributed by atoms with E-state index in [1.807, 2.05) is 12.1 Å². The van der Waals surface area contributed by atoms with Gasteiger partial charge in [0.1, 0.15) is 5.82 Å². The van der Waals surface area contributed by atoms with E-state index in [9.17, 15) is 0 Å². The van der Waals surface area contributed by atoms with Crippen LogP contribution in [0.4, 0.5) is 0 Å². The summed E-state index contributed by atoms with van der Waals surface area (Å²) in [4.78, 5) is 2.50. The molecule has 5 rings (SSSR count). The Labute approximate surface area is 205 Å². The second kappa shape index (κ2) is 11.0. The molecule has 7 heteroatoms. The molecule has 0 spiro atoms. The molecule has 3 heterocycles. The smallest absolute Gasteiger partial charge is 0.191 e. The van der Waals surface area contributed by atoms with E-state index in [1.165, 1.54) is 17.5 Å². The molecule has 0 bridgehead atoms. The van der Waals surface area contributed by atoms with Crippen LogP contribution in [0.3, 0.4) is 0 Å². The molecule has 0 aliphatic carbocycles. The van der Waals surface area contributed by atoms with Crippen LogP contribution in [-0.4, -0.2) is 51.2 Å². The van der Waals surface area contributed by atoms with Crippen LogP contribution in [0.2, 0.25) is 5.02 Å². The van der Waals surface area contributed by atoms with Crippen LogP contribution in [0.1, 0.15) is 48.6 Å². The quantitative estimate of drug-likeness (QED) is 0.389. The van der Waals surface area contributed by atoms with Gasteiger partial charge in [0.2, 0.25) is 0 Å². The first-order chi connectivity index (χ1) is 16.3. The highest BCUT2D eigenvalue weighted by Gasteiger charge is 2.27. The topological polar surface area (TPSA) is 43.2 Å². The fourth-order valence-electron chi connectivity index (χ4n) is 4.78. The van der Waals surface area contributed by atoms with Crippen molar-refractivity contribution in [3.63, 3.8) is 0 Å². The molecule has 1 aromatic heterocycles. The number of halogens is 1. The van der Waals surface area contributed by atoms with Crippen LogP contribution in [0, 0.1) is 0 Å². The van der Waals surface area contributed by atoms with E-state index < -0.39 is 0 Å². The summed E-state index contributed by atoms with van der Waals surface area (Å²) in [6.07, 6.45) is 4.84. The van der Waals surface area contributed by atoms with E-state index in [2.05, 4.69) is 57.0 Å². The Morgan fingerprint density at radius 1 is 0.939 bits per heavy atom. The van der Waals surface area contributed by atoms with Crippen molar-refractivity contribution in [1.29, 1.82) is 0 Å². The van der Waals surface area contributed by atoms with Crippen molar-refractivity contribution in [2.45, 2.75) is 56.0 Å². The summed E-state index contributed by atoms with van der Waals surface area (Å²) in [6, 6.07) is 18.8. The first kappa shape index (κ1) is 22.9. The molecule has 174 valence electrons. The van der Waals surface area contributed by atoms with Gasteiger partial charge in [-0.15, -0.1) is 10.2 Å². The number of rotatable bonds is 8. The van der Waals surface area contributed by atoms with Gasteiger partial charge in [-0.05, 0) is 56.0 Å². The van der Waals surface area contributed by atoms with Crippen molar-refractivity contribution in [3.05, 3.63) is 76.6 Å². The van der Waals surface area contributed by atoms with Gasteiger partial charge in [-0.25, -0.2) is 0 Å². The van der Waals surface area contributed by atoms with Crippen LogP contribution in [-0.2, 0) is 17.8 Å². The minimum absolute atomic E-state index is 0.341. The molecule has 0 unspecified atom stereocenters. The van der Waals surface area contributed by atoms with E-state index in [-0.39, 0.29) is 0 Å². The molecule has 0 N–H and O–H groups in total. The molecule has 5 nitrogen and oxygen atoms in total. The van der Waals surface area contributed by atoms with Crippen molar-refractivity contribution >= 4 is 23.4 Å². The molecular weight excluding hydrogens is 452 g/mol. The number of hydrogen-bond acceptors (Lipinski definition) is 5. The lowest BCUT2D eigenvalue weighted by atomic mass is 9.95. The summed E-state index contributed by atoms with van der Waals surface area (Å²) in [7, 11) is 0. The predicted octanol–water partition coefficient (Wildman–Crippen LogP) is 5.63. The maximum atomic E-state index is 6.39. The SMILES string of the molecule is Clc1ccccc1CN1CCC(c2nnc(SC[C@H]3CCCO3)n2Cc2ccccc2)CC1. The van der Waals surface area contributed by atoms with Gasteiger partial charge in [-0.3, -0.25) is 4.90 Å². The number of thioether (sulfide) groups is 1. The third-order valence-electron chi connectivity index (χ3n) is 6.66. The number of benzene rings is 2. The van der Waals surface area contributed by atoms with Crippen LogP contribution in [0.15, 0.2) is 59.8 Å². The number of nitrogens with zero attached hydrogens (tertiary/aromatic N) is 4. The Morgan fingerprint density at radius 2 is 1.73 bits per heavy atom. The van der Waals surface area contributed by atoms with Gasteiger partial charge in [-0.2, -0.15) is 0 Å². The average Bonchev–Trinajstić information content (AvgIpc) is 3.51. The van der Waals surface area contributed by atoms with Gasteiger partial charge in [0.15, 0.2) is 5.16 Å². The molecule has 0 saturated carbocycles. The molecule has 2 aliphatic heterocycles. The molecule has 33 heavy (non-hydrogen) atoms. The van der Waals surface area contributed by atoms with Crippen LogP contribution in [0.25, 0.3) is 0 Å². The number of likely N-dealkylation sites (tertiary alicyclic amines) is 1. The van der Waals surface area contributed by atoms with Crippen LogP contribution >= 0.6 is 23.4 Å². The molecule has 2 fully saturated rings. The van der Waals surface area contributed by atoms with E-state index in [0.29, 0.717) is 12.0 Å². The van der Waals surface area contributed by atoms with E-state index in [1.54, 1.807) is 11.8 Å². The first-order valence-corrected chi connectivity index (χ1v) is 13.3. The molecule has 0 amide bonds. The Kier molecular flexibility index (Phi) is 7.67. The summed E-state index contributed by atoms with van der Waals surface area (Å²) >= 11 is 8.18. The third-order valence-corrected chi connectivity index (χ3v) is 8.12. The molecule has 1 atom stereocenters. The van der Waals surface area contributed by atoms with Crippen molar-refractivity contribution in [1.82, 2.24) is 19.7 Å². The summed E-state index contributed by atoms with van der Waals surface area (Å²) in [5, 5.41) is 11.2. The van der Waals surface area contributed by atoms with Gasteiger partial charge in [0.05, 0.1) is 12.6 Å². The summed E-state index contributed by atoms with van der Waals surface area (Å²) < 4.78 is 8.18.